The van der Waals surface area contributed by atoms with Gasteiger partial charge in [-0.1, -0.05) is 35.9 Å². The van der Waals surface area contributed by atoms with Gasteiger partial charge in [0.15, 0.2) is 5.69 Å². The molecule has 1 saturated heterocycles. The van der Waals surface area contributed by atoms with Gasteiger partial charge < -0.3 is 14.8 Å². The number of amides is 1. The third kappa shape index (κ3) is 4.02. The summed E-state index contributed by atoms with van der Waals surface area (Å²) in [5.41, 5.74) is 0.259. The van der Waals surface area contributed by atoms with E-state index in [-0.39, 0.29) is 17.6 Å². The Morgan fingerprint density at radius 2 is 1.81 bits per heavy atom. The maximum atomic E-state index is 12.3. The minimum Gasteiger partial charge on any atom is -0.437 e. The van der Waals surface area contributed by atoms with E-state index in [9.17, 15) is 4.79 Å². The van der Waals surface area contributed by atoms with E-state index in [1.54, 1.807) is 24.3 Å². The van der Waals surface area contributed by atoms with Crippen LogP contribution in [0.5, 0.6) is 11.6 Å². The molecule has 0 spiro atoms. The van der Waals surface area contributed by atoms with Crippen molar-refractivity contribution in [2.75, 3.05) is 13.2 Å². The molecule has 2 aromatic carbocycles. The Morgan fingerprint density at radius 1 is 1.04 bits per heavy atom. The van der Waals surface area contributed by atoms with Crippen molar-refractivity contribution < 1.29 is 14.3 Å². The SMILES string of the molecule is O=C(NC1CCOCC1)c1ccc(Oc2ccc(Cl)c3ccccc23)nn1. The van der Waals surface area contributed by atoms with Gasteiger partial charge in [-0.3, -0.25) is 4.79 Å². The van der Waals surface area contributed by atoms with Crippen LogP contribution in [0.3, 0.4) is 0 Å². The zero-order valence-electron chi connectivity index (χ0n) is 14.5. The molecule has 0 bridgehead atoms. The molecular formula is C20H18ClN3O3. The number of nitrogens with one attached hydrogen (secondary N) is 1. The lowest BCUT2D eigenvalue weighted by Crippen LogP contribution is -2.39. The fourth-order valence-electron chi connectivity index (χ4n) is 3.03. The van der Waals surface area contributed by atoms with Crippen LogP contribution in [-0.2, 0) is 4.74 Å². The number of fused-ring (bicyclic) bond motifs is 1. The van der Waals surface area contributed by atoms with Crippen LogP contribution in [0, 0.1) is 0 Å². The van der Waals surface area contributed by atoms with E-state index < -0.39 is 0 Å². The number of halogens is 1. The fraction of sp³-hybridized carbons (Fsp3) is 0.250. The van der Waals surface area contributed by atoms with Gasteiger partial charge in [0.05, 0.1) is 0 Å². The summed E-state index contributed by atoms with van der Waals surface area (Å²) in [5.74, 6) is 0.701. The summed E-state index contributed by atoms with van der Waals surface area (Å²) in [5, 5.41) is 13.4. The molecule has 0 unspecified atom stereocenters. The van der Waals surface area contributed by atoms with Crippen molar-refractivity contribution in [1.82, 2.24) is 15.5 Å². The van der Waals surface area contributed by atoms with Gasteiger partial charge >= 0.3 is 0 Å². The standard InChI is InChI=1S/C20H18ClN3O3/c21-16-5-7-18(15-4-2-1-3-14(15)16)27-19-8-6-17(23-24-19)20(25)22-13-9-11-26-12-10-13/h1-8,13H,9-12H2,(H,22,25). The topological polar surface area (TPSA) is 73.3 Å². The third-order valence-corrected chi connectivity index (χ3v) is 4.80. The molecule has 3 aromatic rings. The van der Waals surface area contributed by atoms with E-state index in [1.165, 1.54) is 0 Å². The Hall–Kier alpha value is -2.70. The predicted molar refractivity (Wildman–Crippen MR) is 102 cm³/mol. The lowest BCUT2D eigenvalue weighted by Gasteiger charge is -2.22. The lowest BCUT2D eigenvalue weighted by molar-refractivity contribution is 0.0693. The molecule has 1 amide bonds. The Bertz CT molecular complexity index is 956. The first-order valence-electron chi connectivity index (χ1n) is 8.78. The van der Waals surface area contributed by atoms with E-state index in [4.69, 9.17) is 21.1 Å². The van der Waals surface area contributed by atoms with Crippen LogP contribution in [0.4, 0.5) is 0 Å². The molecule has 1 aliphatic heterocycles. The van der Waals surface area contributed by atoms with Gasteiger partial charge in [0, 0.05) is 41.1 Å². The van der Waals surface area contributed by atoms with Crippen molar-refractivity contribution in [3.05, 3.63) is 59.2 Å². The summed E-state index contributed by atoms with van der Waals surface area (Å²) in [6, 6.07) is 14.6. The van der Waals surface area contributed by atoms with Gasteiger partial charge in [-0.15, -0.1) is 10.2 Å². The average molecular weight is 384 g/mol. The molecule has 27 heavy (non-hydrogen) atoms. The van der Waals surface area contributed by atoms with Crippen LogP contribution in [0.15, 0.2) is 48.5 Å². The fourth-order valence-corrected chi connectivity index (χ4v) is 3.26. The number of benzene rings is 2. The van der Waals surface area contributed by atoms with Crippen LogP contribution < -0.4 is 10.1 Å². The van der Waals surface area contributed by atoms with Crippen molar-refractivity contribution in [3.8, 4) is 11.6 Å². The summed E-state index contributed by atoms with van der Waals surface area (Å²) in [6.07, 6.45) is 1.62. The summed E-state index contributed by atoms with van der Waals surface area (Å²) in [6.45, 7) is 1.33. The van der Waals surface area contributed by atoms with Crippen LogP contribution in [0.2, 0.25) is 5.02 Å². The zero-order valence-corrected chi connectivity index (χ0v) is 15.3. The van der Waals surface area contributed by atoms with Gasteiger partial charge in [-0.2, -0.15) is 0 Å². The normalized spacial score (nSPS) is 14.9. The first kappa shape index (κ1) is 17.7. The molecule has 0 radical (unpaired) electrons. The Kier molecular flexibility index (Phi) is 5.18. The molecule has 7 heteroatoms. The number of nitrogens with zero attached hydrogens (tertiary/aromatic N) is 2. The van der Waals surface area contributed by atoms with E-state index in [1.807, 2.05) is 24.3 Å². The molecule has 1 aliphatic rings. The molecule has 4 rings (SSSR count). The number of rotatable bonds is 4. The molecule has 1 fully saturated rings. The molecule has 1 aromatic heterocycles. The van der Waals surface area contributed by atoms with Crippen molar-refractivity contribution in [2.45, 2.75) is 18.9 Å². The minimum atomic E-state index is -0.238. The Morgan fingerprint density at radius 3 is 2.56 bits per heavy atom. The molecule has 138 valence electrons. The van der Waals surface area contributed by atoms with Crippen molar-refractivity contribution in [1.29, 1.82) is 0 Å². The maximum absolute atomic E-state index is 12.3. The van der Waals surface area contributed by atoms with Crippen molar-refractivity contribution >= 4 is 28.3 Å². The van der Waals surface area contributed by atoms with Crippen molar-refractivity contribution in [3.63, 3.8) is 0 Å². The van der Waals surface area contributed by atoms with Crippen LogP contribution in [0.1, 0.15) is 23.3 Å². The monoisotopic (exact) mass is 383 g/mol. The molecule has 0 aliphatic carbocycles. The van der Waals surface area contributed by atoms with Crippen LogP contribution in [0.25, 0.3) is 10.8 Å². The summed E-state index contributed by atoms with van der Waals surface area (Å²) in [4.78, 5) is 12.3. The number of ether oxygens (including phenoxy) is 2. The van der Waals surface area contributed by atoms with Gasteiger partial charge in [0.2, 0.25) is 5.88 Å². The number of carbonyl (C=O) groups is 1. The van der Waals surface area contributed by atoms with Gasteiger partial charge in [-0.05, 0) is 31.0 Å². The van der Waals surface area contributed by atoms with E-state index in [0.29, 0.717) is 29.9 Å². The molecule has 0 saturated carbocycles. The van der Waals surface area contributed by atoms with Gasteiger partial charge in [-0.25, -0.2) is 0 Å². The van der Waals surface area contributed by atoms with E-state index in [2.05, 4.69) is 15.5 Å². The Balaban J connectivity index is 1.48. The smallest absolute Gasteiger partial charge is 0.272 e. The maximum Gasteiger partial charge on any atom is 0.272 e. The average Bonchev–Trinajstić information content (AvgIpc) is 2.71. The molecular weight excluding hydrogens is 366 g/mol. The number of hydrogen-bond donors (Lipinski definition) is 1. The lowest BCUT2D eigenvalue weighted by atomic mass is 10.1. The quantitative estimate of drug-likeness (QED) is 0.737. The van der Waals surface area contributed by atoms with Gasteiger partial charge in [0.1, 0.15) is 5.75 Å². The molecule has 2 heterocycles. The first-order chi connectivity index (χ1) is 13.2. The van der Waals surface area contributed by atoms with Crippen LogP contribution >= 0.6 is 11.6 Å². The predicted octanol–water partition coefficient (Wildman–Crippen LogP) is 3.98. The second kappa shape index (κ2) is 7.90. The third-order valence-electron chi connectivity index (χ3n) is 4.47. The largest absolute Gasteiger partial charge is 0.437 e. The summed E-state index contributed by atoms with van der Waals surface area (Å²) in [7, 11) is 0. The zero-order chi connectivity index (χ0) is 18.6. The van der Waals surface area contributed by atoms with E-state index in [0.717, 1.165) is 23.6 Å². The highest BCUT2D eigenvalue weighted by atomic mass is 35.5. The number of carbonyl (C=O) groups excluding carboxylic acids is 1. The molecule has 1 N–H and O–H groups in total. The Labute approximate surface area is 161 Å². The molecule has 0 atom stereocenters. The second-order valence-electron chi connectivity index (χ2n) is 6.31. The summed E-state index contributed by atoms with van der Waals surface area (Å²) >= 11 is 6.23. The van der Waals surface area contributed by atoms with Crippen molar-refractivity contribution in [2.24, 2.45) is 0 Å². The minimum absolute atomic E-state index is 0.115. The summed E-state index contributed by atoms with van der Waals surface area (Å²) < 4.78 is 11.1. The number of aromatic nitrogens is 2. The first-order valence-corrected chi connectivity index (χ1v) is 9.16. The van der Waals surface area contributed by atoms with E-state index >= 15 is 0 Å². The molecule has 6 nitrogen and oxygen atoms in total. The highest BCUT2D eigenvalue weighted by molar-refractivity contribution is 6.35. The second-order valence-corrected chi connectivity index (χ2v) is 6.72. The highest BCUT2D eigenvalue weighted by Gasteiger charge is 2.18. The number of hydrogen-bond acceptors (Lipinski definition) is 5. The van der Waals surface area contributed by atoms with Crippen LogP contribution in [-0.4, -0.2) is 35.4 Å². The highest BCUT2D eigenvalue weighted by Crippen LogP contribution is 2.33. The van der Waals surface area contributed by atoms with Gasteiger partial charge in [0.25, 0.3) is 5.91 Å².